The van der Waals surface area contributed by atoms with Crippen molar-refractivity contribution in [2.24, 2.45) is 0 Å². The highest BCUT2D eigenvalue weighted by molar-refractivity contribution is 8.01. The van der Waals surface area contributed by atoms with E-state index in [1.54, 1.807) is 11.1 Å². The van der Waals surface area contributed by atoms with Crippen LogP contribution in [0.3, 0.4) is 0 Å². The van der Waals surface area contributed by atoms with Crippen LogP contribution in [0.15, 0.2) is 71.9 Å². The zero-order valence-electron chi connectivity index (χ0n) is 19.2. The molecule has 0 saturated carbocycles. The van der Waals surface area contributed by atoms with Crippen molar-refractivity contribution in [3.05, 3.63) is 83.6 Å². The monoisotopic (exact) mass is 485 g/mol. The summed E-state index contributed by atoms with van der Waals surface area (Å²) in [6, 6.07) is 19.8. The van der Waals surface area contributed by atoms with Gasteiger partial charge in [0, 0.05) is 24.3 Å². The molecule has 3 aromatic rings. The second-order valence-corrected chi connectivity index (χ2v) is 10.4. The van der Waals surface area contributed by atoms with Crippen molar-refractivity contribution in [1.82, 2.24) is 20.9 Å². The zero-order chi connectivity index (χ0) is 23.8. The Labute approximate surface area is 208 Å². The number of benzene rings is 2. The number of urea groups is 1. The lowest BCUT2D eigenvalue weighted by molar-refractivity contribution is -0.121. The molecule has 1 saturated heterocycles. The molecule has 4 heterocycles. The third kappa shape index (κ3) is 4.28. The van der Waals surface area contributed by atoms with Gasteiger partial charge in [-0.2, -0.15) is 0 Å². The summed E-state index contributed by atoms with van der Waals surface area (Å²) in [7, 11) is 0. The first kappa shape index (κ1) is 22.1. The van der Waals surface area contributed by atoms with E-state index in [9.17, 15) is 9.59 Å². The largest absolute Gasteiger partial charge is 0.351 e. The summed E-state index contributed by atoms with van der Waals surface area (Å²) in [6.07, 6.45) is 4.58. The predicted molar refractivity (Wildman–Crippen MR) is 137 cm³/mol. The lowest BCUT2D eigenvalue weighted by Crippen LogP contribution is -2.52. The van der Waals surface area contributed by atoms with E-state index in [1.165, 1.54) is 22.9 Å². The molecule has 8 heteroatoms. The minimum Gasteiger partial charge on any atom is -0.351 e. The molecule has 7 nitrogen and oxygen atoms in total. The molecule has 3 amide bonds. The number of piperidine rings is 1. The van der Waals surface area contributed by atoms with E-state index in [2.05, 4.69) is 45.2 Å². The molecule has 35 heavy (non-hydrogen) atoms. The third-order valence-corrected chi connectivity index (χ3v) is 8.14. The van der Waals surface area contributed by atoms with Crippen molar-refractivity contribution >= 4 is 35.1 Å². The summed E-state index contributed by atoms with van der Waals surface area (Å²) in [5.74, 6) is -0.0448. The SMILES string of the molecule is O=C(NC1CCCNC1)[C@@H]1Sc2nccc3c2C1NC(=O)N3c1ccc(Cc2ccccc2)cc1. The van der Waals surface area contributed by atoms with Gasteiger partial charge in [0.1, 0.15) is 10.3 Å². The van der Waals surface area contributed by atoms with Gasteiger partial charge in [-0.05, 0) is 55.1 Å². The molecule has 0 radical (unpaired) electrons. The van der Waals surface area contributed by atoms with Gasteiger partial charge in [-0.25, -0.2) is 9.78 Å². The minimum atomic E-state index is -0.431. The lowest BCUT2D eigenvalue weighted by atomic mass is 9.99. The number of pyridine rings is 1. The molecule has 178 valence electrons. The molecule has 1 aromatic heterocycles. The van der Waals surface area contributed by atoms with Gasteiger partial charge in [-0.3, -0.25) is 9.69 Å². The fourth-order valence-electron chi connectivity index (χ4n) is 5.13. The van der Waals surface area contributed by atoms with E-state index in [4.69, 9.17) is 0 Å². The van der Waals surface area contributed by atoms with Crippen molar-refractivity contribution < 1.29 is 9.59 Å². The van der Waals surface area contributed by atoms with Crippen LogP contribution in [-0.2, 0) is 11.2 Å². The number of hydrogen-bond donors (Lipinski definition) is 3. The van der Waals surface area contributed by atoms with Gasteiger partial charge in [0.05, 0.1) is 17.4 Å². The van der Waals surface area contributed by atoms with E-state index in [1.807, 2.05) is 36.4 Å². The lowest BCUT2D eigenvalue weighted by Gasteiger charge is -2.34. The summed E-state index contributed by atoms with van der Waals surface area (Å²) < 4.78 is 0. The van der Waals surface area contributed by atoms with Crippen LogP contribution in [0.25, 0.3) is 0 Å². The standard InChI is InChI=1S/C27H27N5O2S/c33-25(30-19-7-4-13-28-16-19)24-23-22-21(12-14-29-26(22)35-24)32(27(34)31-23)20-10-8-18(9-11-20)15-17-5-2-1-3-6-17/h1-3,5-6,8-12,14,19,23-24,28H,4,7,13,15-16H2,(H,30,33)(H,31,34)/t19?,23?,24-/m1/s1. The normalized spacial score (nSPS) is 22.9. The predicted octanol–water partition coefficient (Wildman–Crippen LogP) is 3.92. The topological polar surface area (TPSA) is 86.4 Å². The Hall–Kier alpha value is -3.36. The van der Waals surface area contributed by atoms with Gasteiger partial charge in [0.2, 0.25) is 5.91 Å². The first-order valence-corrected chi connectivity index (χ1v) is 13.0. The molecule has 1 fully saturated rings. The Balaban J connectivity index is 1.24. The van der Waals surface area contributed by atoms with Crippen LogP contribution >= 0.6 is 11.8 Å². The van der Waals surface area contributed by atoms with Crippen LogP contribution in [0.5, 0.6) is 0 Å². The van der Waals surface area contributed by atoms with Crippen molar-refractivity contribution in [2.75, 3.05) is 18.0 Å². The smallest absolute Gasteiger partial charge is 0.327 e. The number of amides is 3. The summed E-state index contributed by atoms with van der Waals surface area (Å²) in [6.45, 7) is 1.77. The highest BCUT2D eigenvalue weighted by atomic mass is 32.2. The van der Waals surface area contributed by atoms with E-state index >= 15 is 0 Å². The van der Waals surface area contributed by atoms with Gasteiger partial charge in [-0.15, -0.1) is 0 Å². The van der Waals surface area contributed by atoms with Crippen molar-refractivity contribution in [3.63, 3.8) is 0 Å². The van der Waals surface area contributed by atoms with Gasteiger partial charge < -0.3 is 16.0 Å². The number of anilines is 2. The maximum atomic E-state index is 13.3. The number of thioether (sulfide) groups is 1. The number of carbonyl (C=O) groups is 2. The second-order valence-electron chi connectivity index (χ2n) is 9.23. The highest BCUT2D eigenvalue weighted by Crippen LogP contribution is 2.50. The molecule has 2 unspecified atom stereocenters. The third-order valence-electron chi connectivity index (χ3n) is 6.85. The van der Waals surface area contributed by atoms with Crippen LogP contribution in [-0.4, -0.2) is 41.3 Å². The molecular formula is C27H27N5O2S. The van der Waals surface area contributed by atoms with Gasteiger partial charge >= 0.3 is 6.03 Å². The van der Waals surface area contributed by atoms with Gasteiger partial charge in [0.25, 0.3) is 0 Å². The van der Waals surface area contributed by atoms with E-state index < -0.39 is 11.3 Å². The highest BCUT2D eigenvalue weighted by Gasteiger charge is 2.46. The van der Waals surface area contributed by atoms with Gasteiger partial charge in [0.15, 0.2) is 0 Å². The van der Waals surface area contributed by atoms with Crippen molar-refractivity contribution in [3.8, 4) is 0 Å². The second kappa shape index (κ2) is 9.36. The molecule has 0 bridgehead atoms. The Morgan fingerprint density at radius 1 is 1.09 bits per heavy atom. The fraction of sp³-hybridized carbons (Fsp3) is 0.296. The summed E-state index contributed by atoms with van der Waals surface area (Å²) in [4.78, 5) is 32.7. The maximum Gasteiger partial charge on any atom is 0.327 e. The number of nitrogens with zero attached hydrogens (tertiary/aromatic N) is 2. The average Bonchev–Trinajstić information content (AvgIpc) is 3.26. The Morgan fingerprint density at radius 3 is 2.66 bits per heavy atom. The number of aromatic nitrogens is 1. The van der Waals surface area contributed by atoms with Crippen LogP contribution in [0.2, 0.25) is 0 Å². The van der Waals surface area contributed by atoms with Crippen molar-refractivity contribution in [2.45, 2.75) is 41.6 Å². The first-order valence-electron chi connectivity index (χ1n) is 12.1. The minimum absolute atomic E-state index is 0.0448. The van der Waals surface area contributed by atoms with Crippen LogP contribution in [0.4, 0.5) is 16.2 Å². The first-order chi connectivity index (χ1) is 17.2. The summed E-state index contributed by atoms with van der Waals surface area (Å²) in [5.41, 5.74) is 4.93. The fourth-order valence-corrected chi connectivity index (χ4v) is 6.37. The average molecular weight is 486 g/mol. The van der Waals surface area contributed by atoms with E-state index in [0.29, 0.717) is 0 Å². The number of nitrogens with one attached hydrogen (secondary N) is 3. The zero-order valence-corrected chi connectivity index (χ0v) is 20.1. The molecule has 2 aromatic carbocycles. The molecule has 3 atom stereocenters. The molecule has 0 aliphatic carbocycles. The number of carbonyl (C=O) groups excluding carboxylic acids is 2. The summed E-state index contributed by atoms with van der Waals surface area (Å²) in [5, 5.41) is 9.97. The van der Waals surface area contributed by atoms with Crippen molar-refractivity contribution in [1.29, 1.82) is 0 Å². The van der Waals surface area contributed by atoms with E-state index in [-0.39, 0.29) is 18.0 Å². The Morgan fingerprint density at radius 2 is 1.89 bits per heavy atom. The van der Waals surface area contributed by atoms with Crippen LogP contribution in [0, 0.1) is 0 Å². The Bertz CT molecular complexity index is 1240. The molecule has 3 N–H and O–H groups in total. The van der Waals surface area contributed by atoms with Gasteiger partial charge in [-0.1, -0.05) is 54.2 Å². The Kier molecular flexibility index (Phi) is 5.91. The molecule has 3 aliphatic heterocycles. The van der Waals surface area contributed by atoms with Crippen LogP contribution in [0.1, 0.15) is 35.6 Å². The molecular weight excluding hydrogens is 458 g/mol. The molecule has 6 rings (SSSR count). The molecule has 3 aliphatic rings. The molecule has 0 spiro atoms. The summed E-state index contributed by atoms with van der Waals surface area (Å²) >= 11 is 1.44. The number of hydrogen-bond acceptors (Lipinski definition) is 5. The maximum absolute atomic E-state index is 13.3. The van der Waals surface area contributed by atoms with E-state index in [0.717, 1.165) is 54.3 Å². The number of rotatable bonds is 5. The van der Waals surface area contributed by atoms with Crippen LogP contribution < -0.4 is 20.9 Å². The quantitative estimate of drug-likeness (QED) is 0.510.